The molecule has 2 aliphatic heterocycles. The number of piperidine rings is 1. The lowest BCUT2D eigenvalue weighted by Gasteiger charge is -2.40. The molecule has 0 aromatic carbocycles. The van der Waals surface area contributed by atoms with Gasteiger partial charge in [0.25, 0.3) is 0 Å². The van der Waals surface area contributed by atoms with Crippen LogP contribution in [0.25, 0.3) is 0 Å². The minimum absolute atomic E-state index is 0.227. The first-order valence-corrected chi connectivity index (χ1v) is 8.51. The van der Waals surface area contributed by atoms with Crippen LogP contribution in [0.4, 0.5) is 4.79 Å². The molecule has 1 amide bonds. The van der Waals surface area contributed by atoms with Crippen LogP contribution < -0.4 is 5.73 Å². The number of halogens is 2. The Balaban J connectivity index is 1.91. The predicted molar refractivity (Wildman–Crippen MR) is 90.9 cm³/mol. The lowest BCUT2D eigenvalue weighted by Crippen LogP contribution is -2.49. The minimum atomic E-state index is -0.501. The molecule has 2 heterocycles. The van der Waals surface area contributed by atoms with Gasteiger partial charge in [-0.3, -0.25) is 0 Å². The van der Waals surface area contributed by atoms with Gasteiger partial charge >= 0.3 is 6.09 Å². The van der Waals surface area contributed by atoms with Crippen molar-refractivity contribution in [2.45, 2.75) is 50.9 Å². The second kappa shape index (κ2) is 6.66. The number of carbonyl (C=O) groups excluding carboxylic acids is 1. The molecule has 0 spiro atoms. The molecule has 1 fully saturated rings. The third-order valence-electron chi connectivity index (χ3n) is 3.54. The van der Waals surface area contributed by atoms with Gasteiger partial charge in [0.1, 0.15) is 11.4 Å². The molecule has 8 heteroatoms. The van der Waals surface area contributed by atoms with Gasteiger partial charge < -0.3 is 20.3 Å². The molecule has 0 aromatic rings. The summed E-state index contributed by atoms with van der Waals surface area (Å²) in [6, 6.07) is 0.227. The number of amides is 1. The fraction of sp³-hybridized carbons (Fsp3) is 0.714. The molecule has 1 saturated heterocycles. The molecule has 2 N–H and O–H groups in total. The number of carbonyl (C=O) groups is 1. The van der Waals surface area contributed by atoms with Crippen LogP contribution >= 0.6 is 27.5 Å². The highest BCUT2D eigenvalue weighted by Gasteiger charge is 2.32. The number of amidine groups is 1. The summed E-state index contributed by atoms with van der Waals surface area (Å²) in [6.07, 6.45) is 3.25. The van der Waals surface area contributed by atoms with Crippen LogP contribution in [0, 0.1) is 0 Å². The molecular weight excluding hydrogens is 372 g/mol. The zero-order valence-electron chi connectivity index (χ0n) is 13.1. The third-order valence-corrected chi connectivity index (χ3v) is 4.47. The number of hydrogen-bond donors (Lipinski definition) is 1. The van der Waals surface area contributed by atoms with E-state index in [9.17, 15) is 4.79 Å². The molecule has 1 unspecified atom stereocenters. The Bertz CT molecular complexity index is 496. The van der Waals surface area contributed by atoms with Crippen molar-refractivity contribution < 1.29 is 9.53 Å². The molecule has 2 rings (SSSR count). The number of ether oxygens (including phenoxy) is 1. The van der Waals surface area contributed by atoms with Crippen molar-refractivity contribution in [3.8, 4) is 0 Å². The molecule has 22 heavy (non-hydrogen) atoms. The van der Waals surface area contributed by atoms with E-state index >= 15 is 0 Å². The first-order chi connectivity index (χ1) is 10.2. The number of likely N-dealkylation sites (tertiary alicyclic amines) is 1. The first kappa shape index (κ1) is 17.4. The minimum Gasteiger partial charge on any atom is -0.444 e. The van der Waals surface area contributed by atoms with E-state index < -0.39 is 11.2 Å². The van der Waals surface area contributed by atoms with Gasteiger partial charge in [-0.15, -0.1) is 0 Å². The van der Waals surface area contributed by atoms with Gasteiger partial charge in [-0.1, -0.05) is 11.6 Å². The molecule has 124 valence electrons. The van der Waals surface area contributed by atoms with Crippen LogP contribution in [0.15, 0.2) is 15.7 Å². The standard InChI is InChI=1S/C14H22BrClN4O2/c1-14(2,3)22-13(21)19-6-4-9(5-7-19)20-8-10(15)11(17)18-12(20)16/h8-9,12H,4-7H2,1-3H3,(H2,17,18). The number of nitrogens with zero attached hydrogens (tertiary/aromatic N) is 3. The van der Waals surface area contributed by atoms with Crippen molar-refractivity contribution in [1.82, 2.24) is 9.80 Å². The van der Waals surface area contributed by atoms with E-state index in [4.69, 9.17) is 22.1 Å². The third kappa shape index (κ3) is 4.29. The fourth-order valence-electron chi connectivity index (χ4n) is 2.45. The predicted octanol–water partition coefficient (Wildman–Crippen LogP) is 2.82. The maximum Gasteiger partial charge on any atom is 0.410 e. The summed E-state index contributed by atoms with van der Waals surface area (Å²) < 4.78 is 6.13. The van der Waals surface area contributed by atoms with Gasteiger partial charge in [-0.2, -0.15) is 0 Å². The molecule has 0 saturated carbocycles. The molecule has 0 aliphatic carbocycles. The Morgan fingerprint density at radius 1 is 1.45 bits per heavy atom. The smallest absolute Gasteiger partial charge is 0.410 e. The van der Waals surface area contributed by atoms with Crippen LogP contribution in [0.5, 0.6) is 0 Å². The zero-order valence-corrected chi connectivity index (χ0v) is 15.4. The van der Waals surface area contributed by atoms with E-state index in [0.717, 1.165) is 17.3 Å². The van der Waals surface area contributed by atoms with Crippen molar-refractivity contribution in [2.75, 3.05) is 13.1 Å². The van der Waals surface area contributed by atoms with E-state index in [-0.39, 0.29) is 12.1 Å². The van der Waals surface area contributed by atoms with E-state index in [1.54, 1.807) is 4.90 Å². The Labute approximate surface area is 144 Å². The lowest BCUT2D eigenvalue weighted by atomic mass is 10.0. The van der Waals surface area contributed by atoms with Gasteiger partial charge in [-0.25, -0.2) is 9.79 Å². The fourth-order valence-corrected chi connectivity index (χ4v) is 3.11. The second-order valence-corrected chi connectivity index (χ2v) is 7.69. The van der Waals surface area contributed by atoms with Crippen molar-refractivity contribution in [3.63, 3.8) is 0 Å². The van der Waals surface area contributed by atoms with Crippen LogP contribution in [-0.4, -0.2) is 52.1 Å². The Morgan fingerprint density at radius 2 is 2.05 bits per heavy atom. The van der Waals surface area contributed by atoms with E-state index in [0.29, 0.717) is 18.9 Å². The number of aliphatic imine (C=N–C) groups is 1. The molecule has 2 aliphatic rings. The number of nitrogens with two attached hydrogens (primary N) is 1. The molecule has 0 bridgehead atoms. The van der Waals surface area contributed by atoms with Gasteiger partial charge in [0.2, 0.25) is 0 Å². The lowest BCUT2D eigenvalue weighted by molar-refractivity contribution is 0.0162. The van der Waals surface area contributed by atoms with Crippen molar-refractivity contribution in [2.24, 2.45) is 10.7 Å². The van der Waals surface area contributed by atoms with Gasteiger partial charge in [0.15, 0.2) is 5.62 Å². The average molecular weight is 394 g/mol. The van der Waals surface area contributed by atoms with Crippen molar-refractivity contribution >= 4 is 39.5 Å². The quantitative estimate of drug-likeness (QED) is 0.549. The first-order valence-electron chi connectivity index (χ1n) is 7.28. The van der Waals surface area contributed by atoms with Gasteiger partial charge in [0, 0.05) is 25.3 Å². The Kier molecular flexibility index (Phi) is 5.27. The SMILES string of the molecule is CC(C)(C)OC(=O)N1CCC(N2C=C(Br)C(N)=NC2Cl)CC1. The van der Waals surface area contributed by atoms with Gasteiger partial charge in [0.05, 0.1) is 4.48 Å². The van der Waals surface area contributed by atoms with E-state index in [2.05, 4.69) is 20.9 Å². The van der Waals surface area contributed by atoms with Crippen LogP contribution in [0.1, 0.15) is 33.6 Å². The maximum absolute atomic E-state index is 12.1. The normalized spacial score (nSPS) is 24.0. The zero-order chi connectivity index (χ0) is 16.5. The highest BCUT2D eigenvalue weighted by molar-refractivity contribution is 9.12. The van der Waals surface area contributed by atoms with E-state index in [1.807, 2.05) is 31.9 Å². The summed E-state index contributed by atoms with van der Waals surface area (Å²) in [5.74, 6) is 0.405. The largest absolute Gasteiger partial charge is 0.444 e. The highest BCUT2D eigenvalue weighted by Crippen LogP contribution is 2.27. The summed E-state index contributed by atoms with van der Waals surface area (Å²) in [4.78, 5) is 20.0. The van der Waals surface area contributed by atoms with E-state index in [1.165, 1.54) is 0 Å². The van der Waals surface area contributed by atoms with Crippen LogP contribution in [-0.2, 0) is 4.74 Å². The highest BCUT2D eigenvalue weighted by atomic mass is 79.9. The number of hydrogen-bond acceptors (Lipinski definition) is 5. The van der Waals surface area contributed by atoms with Gasteiger partial charge in [-0.05, 0) is 49.5 Å². The summed E-state index contributed by atoms with van der Waals surface area (Å²) in [6.45, 7) is 6.89. The van der Waals surface area contributed by atoms with Crippen molar-refractivity contribution in [1.29, 1.82) is 0 Å². The maximum atomic E-state index is 12.1. The summed E-state index contributed by atoms with van der Waals surface area (Å²) >= 11 is 9.63. The number of alkyl halides is 1. The summed E-state index contributed by atoms with van der Waals surface area (Å²) in [7, 11) is 0. The van der Waals surface area contributed by atoms with Crippen LogP contribution in [0.2, 0.25) is 0 Å². The summed E-state index contributed by atoms with van der Waals surface area (Å²) in [5.41, 5.74) is 4.76. The number of rotatable bonds is 1. The molecule has 6 nitrogen and oxygen atoms in total. The average Bonchev–Trinajstić information content (AvgIpc) is 2.41. The molecule has 0 radical (unpaired) electrons. The Hall–Kier alpha value is -0.950. The Morgan fingerprint density at radius 3 is 2.59 bits per heavy atom. The van der Waals surface area contributed by atoms with Crippen molar-refractivity contribution in [3.05, 3.63) is 10.7 Å². The second-order valence-electron chi connectivity index (χ2n) is 6.45. The molecule has 1 atom stereocenters. The topological polar surface area (TPSA) is 71.2 Å². The summed E-state index contributed by atoms with van der Waals surface area (Å²) in [5, 5.41) is 0. The molecular formula is C14H22BrClN4O2. The molecule has 0 aromatic heterocycles. The van der Waals surface area contributed by atoms with Crippen LogP contribution in [0.3, 0.4) is 0 Å². The monoisotopic (exact) mass is 392 g/mol.